The second-order valence-corrected chi connectivity index (χ2v) is 6.54. The van der Waals surface area contributed by atoms with Gasteiger partial charge in [0.1, 0.15) is 0 Å². The minimum Gasteiger partial charge on any atom is -0.326 e. The standard InChI is InChI=1S/C19H25N3O2/c1-2-17-11-6-12-22(17)19(24)21-16-10-5-9-15(13-16)20-18(23)14-7-3-4-8-14/h5-6,9-11,13-14,17H,2-4,7-8,12H2,1H3,(H,20,23)(H,21,24)/t17-/m1/s1. The summed E-state index contributed by atoms with van der Waals surface area (Å²) >= 11 is 0. The molecular weight excluding hydrogens is 302 g/mol. The monoisotopic (exact) mass is 327 g/mol. The molecule has 128 valence electrons. The number of urea groups is 1. The first-order valence-corrected chi connectivity index (χ1v) is 8.82. The van der Waals surface area contributed by atoms with E-state index >= 15 is 0 Å². The van der Waals surface area contributed by atoms with Crippen LogP contribution in [-0.4, -0.2) is 29.4 Å². The van der Waals surface area contributed by atoms with Gasteiger partial charge in [0.15, 0.2) is 0 Å². The van der Waals surface area contributed by atoms with Gasteiger partial charge in [0.05, 0.1) is 6.04 Å². The second kappa shape index (κ2) is 7.51. The number of rotatable bonds is 4. The van der Waals surface area contributed by atoms with Gasteiger partial charge in [-0.1, -0.05) is 38.0 Å². The van der Waals surface area contributed by atoms with Gasteiger partial charge in [-0.25, -0.2) is 4.79 Å². The molecule has 3 amide bonds. The molecule has 0 unspecified atom stereocenters. The van der Waals surface area contributed by atoms with Gasteiger partial charge in [0, 0.05) is 23.8 Å². The van der Waals surface area contributed by atoms with E-state index in [4.69, 9.17) is 0 Å². The zero-order chi connectivity index (χ0) is 16.9. The number of carbonyl (C=O) groups excluding carboxylic acids is 2. The van der Waals surface area contributed by atoms with Crippen molar-refractivity contribution in [3.8, 4) is 0 Å². The smallest absolute Gasteiger partial charge is 0.322 e. The Morgan fingerprint density at radius 2 is 1.88 bits per heavy atom. The number of nitrogens with zero attached hydrogens (tertiary/aromatic N) is 1. The van der Waals surface area contributed by atoms with Crippen molar-refractivity contribution in [2.75, 3.05) is 17.2 Å². The van der Waals surface area contributed by atoms with E-state index in [1.54, 1.807) is 0 Å². The second-order valence-electron chi connectivity index (χ2n) is 6.54. The maximum absolute atomic E-state index is 12.4. The number of amides is 3. The van der Waals surface area contributed by atoms with E-state index in [9.17, 15) is 9.59 Å². The van der Waals surface area contributed by atoms with E-state index in [0.29, 0.717) is 12.2 Å². The fraction of sp³-hybridized carbons (Fsp3) is 0.474. The van der Waals surface area contributed by atoms with Gasteiger partial charge in [-0.2, -0.15) is 0 Å². The van der Waals surface area contributed by atoms with Crippen LogP contribution in [0.5, 0.6) is 0 Å². The van der Waals surface area contributed by atoms with Crippen LogP contribution in [0.15, 0.2) is 36.4 Å². The highest BCUT2D eigenvalue weighted by Crippen LogP contribution is 2.26. The van der Waals surface area contributed by atoms with Gasteiger partial charge in [-0.15, -0.1) is 0 Å². The van der Waals surface area contributed by atoms with Crippen molar-refractivity contribution in [3.63, 3.8) is 0 Å². The summed E-state index contributed by atoms with van der Waals surface area (Å²) in [5.41, 5.74) is 1.43. The van der Waals surface area contributed by atoms with Gasteiger partial charge < -0.3 is 15.5 Å². The average molecular weight is 327 g/mol. The Morgan fingerprint density at radius 3 is 2.58 bits per heavy atom. The van der Waals surface area contributed by atoms with Crippen LogP contribution >= 0.6 is 0 Å². The van der Waals surface area contributed by atoms with E-state index in [0.717, 1.165) is 37.8 Å². The number of hydrogen-bond donors (Lipinski definition) is 2. The molecule has 5 heteroatoms. The zero-order valence-electron chi connectivity index (χ0n) is 14.1. The number of hydrogen-bond acceptors (Lipinski definition) is 2. The first-order valence-electron chi connectivity index (χ1n) is 8.82. The third-order valence-electron chi connectivity index (χ3n) is 4.85. The van der Waals surface area contributed by atoms with Crippen molar-refractivity contribution in [3.05, 3.63) is 36.4 Å². The molecule has 0 spiro atoms. The zero-order valence-corrected chi connectivity index (χ0v) is 14.1. The van der Waals surface area contributed by atoms with E-state index in [1.165, 1.54) is 0 Å². The summed E-state index contributed by atoms with van der Waals surface area (Å²) < 4.78 is 0. The average Bonchev–Trinajstić information content (AvgIpc) is 3.26. The molecule has 3 rings (SSSR count). The Hall–Kier alpha value is -2.30. The predicted molar refractivity (Wildman–Crippen MR) is 96.0 cm³/mol. The maximum Gasteiger partial charge on any atom is 0.322 e. The molecule has 24 heavy (non-hydrogen) atoms. The molecule has 1 fully saturated rings. The van der Waals surface area contributed by atoms with Gasteiger partial charge in [0.2, 0.25) is 5.91 Å². The Kier molecular flexibility index (Phi) is 5.18. The third kappa shape index (κ3) is 3.78. The van der Waals surface area contributed by atoms with Gasteiger partial charge in [-0.05, 0) is 37.5 Å². The summed E-state index contributed by atoms with van der Waals surface area (Å²) in [5.74, 6) is 0.218. The molecule has 1 saturated carbocycles. The Bertz CT molecular complexity index is 635. The molecule has 1 atom stereocenters. The highest BCUT2D eigenvalue weighted by molar-refractivity contribution is 5.94. The fourth-order valence-corrected chi connectivity index (χ4v) is 3.46. The Labute approximate surface area is 143 Å². The molecule has 1 aliphatic carbocycles. The molecule has 0 saturated heterocycles. The minimum absolute atomic E-state index is 0.0887. The molecule has 0 aromatic heterocycles. The summed E-state index contributed by atoms with van der Waals surface area (Å²) in [6.07, 6.45) is 9.21. The van der Waals surface area contributed by atoms with Crippen molar-refractivity contribution in [2.24, 2.45) is 5.92 Å². The number of anilines is 2. The SMILES string of the molecule is CC[C@@H]1C=CCN1C(=O)Nc1cccc(NC(=O)C2CCCC2)c1. The summed E-state index contributed by atoms with van der Waals surface area (Å²) in [7, 11) is 0. The number of benzene rings is 1. The molecule has 2 N–H and O–H groups in total. The van der Waals surface area contributed by atoms with E-state index in [1.807, 2.05) is 35.2 Å². The topological polar surface area (TPSA) is 61.4 Å². The van der Waals surface area contributed by atoms with Crippen LogP contribution in [0.1, 0.15) is 39.0 Å². The quantitative estimate of drug-likeness (QED) is 0.821. The molecule has 5 nitrogen and oxygen atoms in total. The van der Waals surface area contributed by atoms with Gasteiger partial charge in [0.25, 0.3) is 0 Å². The predicted octanol–water partition coefficient (Wildman–Crippen LogP) is 4.00. The van der Waals surface area contributed by atoms with E-state index < -0.39 is 0 Å². The summed E-state index contributed by atoms with van der Waals surface area (Å²) in [6.45, 7) is 2.71. The maximum atomic E-state index is 12.4. The Morgan fingerprint density at radius 1 is 1.17 bits per heavy atom. The Balaban J connectivity index is 1.60. The van der Waals surface area contributed by atoms with Crippen LogP contribution < -0.4 is 10.6 Å². The molecule has 1 aromatic carbocycles. The van der Waals surface area contributed by atoms with Crippen molar-refractivity contribution >= 4 is 23.3 Å². The highest BCUT2D eigenvalue weighted by Gasteiger charge is 2.24. The van der Waals surface area contributed by atoms with Crippen LogP contribution in [0.4, 0.5) is 16.2 Å². The van der Waals surface area contributed by atoms with Crippen LogP contribution in [0.25, 0.3) is 0 Å². The van der Waals surface area contributed by atoms with Gasteiger partial charge >= 0.3 is 6.03 Å². The minimum atomic E-state index is -0.105. The van der Waals surface area contributed by atoms with Crippen molar-refractivity contribution in [1.29, 1.82) is 0 Å². The highest BCUT2D eigenvalue weighted by atomic mass is 16.2. The molecule has 2 aliphatic rings. The molecule has 1 heterocycles. The summed E-state index contributed by atoms with van der Waals surface area (Å²) in [5, 5.41) is 5.90. The fourth-order valence-electron chi connectivity index (χ4n) is 3.46. The molecular formula is C19H25N3O2. The largest absolute Gasteiger partial charge is 0.326 e. The summed E-state index contributed by atoms with van der Waals surface area (Å²) in [6, 6.07) is 7.41. The van der Waals surface area contributed by atoms with Gasteiger partial charge in [-0.3, -0.25) is 4.79 Å². The van der Waals surface area contributed by atoms with Crippen LogP contribution in [0, 0.1) is 5.92 Å². The van der Waals surface area contributed by atoms with Crippen LogP contribution in [0.3, 0.4) is 0 Å². The lowest BCUT2D eigenvalue weighted by Gasteiger charge is -2.24. The van der Waals surface area contributed by atoms with E-state index in [-0.39, 0.29) is 23.9 Å². The molecule has 0 bridgehead atoms. The number of nitrogens with one attached hydrogen (secondary N) is 2. The van der Waals surface area contributed by atoms with Crippen molar-refractivity contribution < 1.29 is 9.59 Å². The number of carbonyl (C=O) groups is 2. The van der Waals surface area contributed by atoms with Crippen LogP contribution in [0.2, 0.25) is 0 Å². The molecule has 1 aliphatic heterocycles. The lowest BCUT2D eigenvalue weighted by Crippen LogP contribution is -2.38. The van der Waals surface area contributed by atoms with Crippen molar-refractivity contribution in [2.45, 2.75) is 45.1 Å². The third-order valence-corrected chi connectivity index (χ3v) is 4.85. The first kappa shape index (κ1) is 16.6. The van der Waals surface area contributed by atoms with Crippen molar-refractivity contribution in [1.82, 2.24) is 4.90 Å². The molecule has 0 radical (unpaired) electrons. The van der Waals surface area contributed by atoms with E-state index in [2.05, 4.69) is 23.6 Å². The normalized spacial score (nSPS) is 20.4. The first-order chi connectivity index (χ1) is 11.7. The lowest BCUT2D eigenvalue weighted by atomic mass is 10.1. The lowest BCUT2D eigenvalue weighted by molar-refractivity contribution is -0.119. The molecule has 1 aromatic rings. The summed E-state index contributed by atoms with van der Waals surface area (Å²) in [4.78, 5) is 26.4. The van der Waals surface area contributed by atoms with Crippen LogP contribution in [-0.2, 0) is 4.79 Å².